The third-order valence-corrected chi connectivity index (χ3v) is 3.62. The highest BCUT2D eigenvalue weighted by atomic mass is 16.5. The lowest BCUT2D eigenvalue weighted by Gasteiger charge is -2.23. The zero-order valence-electron chi connectivity index (χ0n) is 12.3. The molecule has 18 heavy (non-hydrogen) atoms. The average Bonchev–Trinajstić information content (AvgIpc) is 3.11. The van der Waals surface area contributed by atoms with Gasteiger partial charge in [0.05, 0.1) is 6.61 Å². The lowest BCUT2D eigenvalue weighted by atomic mass is 9.85. The van der Waals surface area contributed by atoms with Crippen molar-refractivity contribution in [1.82, 2.24) is 0 Å². The van der Waals surface area contributed by atoms with E-state index in [0.29, 0.717) is 0 Å². The largest absolute Gasteiger partial charge is 0.493 e. The third kappa shape index (κ3) is 3.28. The topological polar surface area (TPSA) is 9.23 Å². The normalized spacial score (nSPS) is 15.8. The SMILES string of the molecule is CCCCOc1cc(C2CC2)ccc1C(C)(C)C. The van der Waals surface area contributed by atoms with Gasteiger partial charge in [0.1, 0.15) is 5.75 Å². The molecule has 2 rings (SSSR count). The number of hydrogen-bond donors (Lipinski definition) is 0. The highest BCUT2D eigenvalue weighted by Crippen LogP contribution is 2.43. The molecule has 0 saturated heterocycles. The van der Waals surface area contributed by atoms with Crippen LogP contribution in [-0.2, 0) is 5.41 Å². The standard InChI is InChI=1S/C17H26O/c1-5-6-11-18-16-12-14(13-7-8-13)9-10-15(16)17(2,3)4/h9-10,12-13H,5-8,11H2,1-4H3. The van der Waals surface area contributed by atoms with Crippen molar-refractivity contribution in [3.8, 4) is 5.75 Å². The Bertz CT molecular complexity index is 397. The first-order valence-electron chi connectivity index (χ1n) is 7.29. The summed E-state index contributed by atoms with van der Waals surface area (Å²) in [5.41, 5.74) is 2.96. The van der Waals surface area contributed by atoms with E-state index < -0.39 is 0 Å². The van der Waals surface area contributed by atoms with Crippen molar-refractivity contribution in [2.45, 2.75) is 64.7 Å². The molecule has 1 fully saturated rings. The summed E-state index contributed by atoms with van der Waals surface area (Å²) >= 11 is 0. The maximum absolute atomic E-state index is 6.02. The van der Waals surface area contributed by atoms with E-state index in [2.05, 4.69) is 45.9 Å². The highest BCUT2D eigenvalue weighted by Gasteiger charge is 2.26. The molecular weight excluding hydrogens is 220 g/mol. The van der Waals surface area contributed by atoms with Crippen LogP contribution in [0.1, 0.15) is 70.4 Å². The molecule has 0 bridgehead atoms. The second kappa shape index (κ2) is 5.34. The maximum atomic E-state index is 6.02. The Morgan fingerprint density at radius 1 is 1.22 bits per heavy atom. The molecule has 1 nitrogen and oxygen atoms in total. The molecule has 0 amide bonds. The van der Waals surface area contributed by atoms with Gasteiger partial charge in [0.15, 0.2) is 0 Å². The smallest absolute Gasteiger partial charge is 0.123 e. The molecule has 1 aliphatic carbocycles. The summed E-state index contributed by atoms with van der Waals surface area (Å²) in [6, 6.07) is 6.85. The fraction of sp³-hybridized carbons (Fsp3) is 0.647. The van der Waals surface area contributed by atoms with Gasteiger partial charge in [0.2, 0.25) is 0 Å². The summed E-state index contributed by atoms with van der Waals surface area (Å²) in [5, 5.41) is 0. The van der Waals surface area contributed by atoms with Crippen LogP contribution in [0.3, 0.4) is 0 Å². The molecular formula is C17H26O. The van der Waals surface area contributed by atoms with Gasteiger partial charge >= 0.3 is 0 Å². The number of unbranched alkanes of at least 4 members (excludes halogenated alkanes) is 1. The van der Waals surface area contributed by atoms with Crippen molar-refractivity contribution < 1.29 is 4.74 Å². The van der Waals surface area contributed by atoms with Crippen molar-refractivity contribution in [2.24, 2.45) is 0 Å². The molecule has 0 aromatic heterocycles. The third-order valence-electron chi connectivity index (χ3n) is 3.62. The Morgan fingerprint density at radius 3 is 2.50 bits per heavy atom. The minimum absolute atomic E-state index is 0.156. The summed E-state index contributed by atoms with van der Waals surface area (Å²) < 4.78 is 6.02. The van der Waals surface area contributed by atoms with Crippen LogP contribution in [0, 0.1) is 0 Å². The molecule has 0 N–H and O–H groups in total. The van der Waals surface area contributed by atoms with Gasteiger partial charge in [-0.05, 0) is 47.8 Å². The lowest BCUT2D eigenvalue weighted by Crippen LogP contribution is -2.14. The second-order valence-electron chi connectivity index (χ2n) is 6.48. The number of benzene rings is 1. The van der Waals surface area contributed by atoms with Crippen molar-refractivity contribution in [1.29, 1.82) is 0 Å². The van der Waals surface area contributed by atoms with Crippen molar-refractivity contribution in [2.75, 3.05) is 6.61 Å². The second-order valence-corrected chi connectivity index (χ2v) is 6.48. The van der Waals surface area contributed by atoms with Crippen LogP contribution in [0.2, 0.25) is 0 Å². The summed E-state index contributed by atoms with van der Waals surface area (Å²) in [5.74, 6) is 1.91. The van der Waals surface area contributed by atoms with Gasteiger partial charge in [0.25, 0.3) is 0 Å². The fourth-order valence-electron chi connectivity index (χ4n) is 2.28. The molecule has 0 aliphatic heterocycles. The molecule has 0 spiro atoms. The van der Waals surface area contributed by atoms with Crippen molar-refractivity contribution in [3.05, 3.63) is 29.3 Å². The van der Waals surface area contributed by atoms with Crippen molar-refractivity contribution >= 4 is 0 Å². The van der Waals surface area contributed by atoms with Gasteiger partial charge in [-0.1, -0.05) is 46.2 Å². The van der Waals surface area contributed by atoms with E-state index in [0.717, 1.165) is 24.7 Å². The number of hydrogen-bond acceptors (Lipinski definition) is 1. The van der Waals surface area contributed by atoms with Gasteiger partial charge in [-0.2, -0.15) is 0 Å². The van der Waals surface area contributed by atoms with Gasteiger partial charge in [-0.3, -0.25) is 0 Å². The molecule has 1 aromatic carbocycles. The zero-order chi connectivity index (χ0) is 13.2. The molecule has 0 unspecified atom stereocenters. The monoisotopic (exact) mass is 246 g/mol. The predicted molar refractivity (Wildman–Crippen MR) is 77.5 cm³/mol. The van der Waals surface area contributed by atoms with E-state index in [1.807, 2.05) is 0 Å². The quantitative estimate of drug-likeness (QED) is 0.661. The van der Waals surface area contributed by atoms with E-state index in [4.69, 9.17) is 4.74 Å². The molecule has 1 aliphatic rings. The first-order chi connectivity index (χ1) is 8.52. The van der Waals surface area contributed by atoms with Gasteiger partial charge < -0.3 is 4.74 Å². The maximum Gasteiger partial charge on any atom is 0.123 e. The minimum Gasteiger partial charge on any atom is -0.493 e. The molecule has 1 aromatic rings. The Morgan fingerprint density at radius 2 is 1.94 bits per heavy atom. The van der Waals surface area contributed by atoms with Gasteiger partial charge in [-0.15, -0.1) is 0 Å². The van der Waals surface area contributed by atoms with Crippen LogP contribution in [0.4, 0.5) is 0 Å². The van der Waals surface area contributed by atoms with Crippen molar-refractivity contribution in [3.63, 3.8) is 0 Å². The van der Waals surface area contributed by atoms with E-state index in [-0.39, 0.29) is 5.41 Å². The van der Waals surface area contributed by atoms with E-state index >= 15 is 0 Å². The van der Waals surface area contributed by atoms with Gasteiger partial charge in [-0.25, -0.2) is 0 Å². The van der Waals surface area contributed by atoms with Gasteiger partial charge in [0, 0.05) is 0 Å². The Hall–Kier alpha value is -0.980. The molecule has 1 heteroatoms. The summed E-state index contributed by atoms with van der Waals surface area (Å²) in [4.78, 5) is 0. The summed E-state index contributed by atoms with van der Waals surface area (Å²) in [7, 11) is 0. The van der Waals surface area contributed by atoms with Crippen LogP contribution in [0.5, 0.6) is 5.75 Å². The van der Waals surface area contributed by atoms with Crippen LogP contribution < -0.4 is 4.74 Å². The Balaban J connectivity index is 2.21. The Kier molecular flexibility index (Phi) is 3.99. The molecule has 0 heterocycles. The number of rotatable bonds is 5. The summed E-state index contributed by atoms with van der Waals surface area (Å²) in [6.07, 6.45) is 5.02. The molecule has 1 saturated carbocycles. The fourth-order valence-corrected chi connectivity index (χ4v) is 2.28. The highest BCUT2D eigenvalue weighted by molar-refractivity contribution is 5.43. The minimum atomic E-state index is 0.156. The first kappa shape index (κ1) is 13.5. The number of ether oxygens (including phenoxy) is 1. The average molecular weight is 246 g/mol. The van der Waals surface area contributed by atoms with E-state index in [1.54, 1.807) is 0 Å². The molecule has 100 valence electrons. The van der Waals surface area contributed by atoms with Crippen LogP contribution in [0.25, 0.3) is 0 Å². The van der Waals surface area contributed by atoms with Crippen LogP contribution in [-0.4, -0.2) is 6.61 Å². The van der Waals surface area contributed by atoms with E-state index in [1.165, 1.54) is 30.4 Å². The van der Waals surface area contributed by atoms with Crippen LogP contribution >= 0.6 is 0 Å². The van der Waals surface area contributed by atoms with Crippen LogP contribution in [0.15, 0.2) is 18.2 Å². The zero-order valence-corrected chi connectivity index (χ0v) is 12.3. The molecule has 0 radical (unpaired) electrons. The predicted octanol–water partition coefficient (Wildman–Crippen LogP) is 5.04. The Labute approximate surface area is 112 Å². The lowest BCUT2D eigenvalue weighted by molar-refractivity contribution is 0.301. The summed E-state index contributed by atoms with van der Waals surface area (Å²) in [6.45, 7) is 9.81. The molecule has 0 atom stereocenters. The first-order valence-corrected chi connectivity index (χ1v) is 7.29. The van der Waals surface area contributed by atoms with E-state index in [9.17, 15) is 0 Å².